The molecule has 0 aliphatic carbocycles. The van der Waals surface area contributed by atoms with E-state index >= 15 is 0 Å². The van der Waals surface area contributed by atoms with Crippen LogP contribution >= 0.6 is 0 Å². The lowest BCUT2D eigenvalue weighted by atomic mass is 10.1. The molecule has 0 spiro atoms. The fourth-order valence-electron chi connectivity index (χ4n) is 1.64. The van der Waals surface area contributed by atoms with E-state index in [0.29, 0.717) is 11.3 Å². The first-order valence-corrected chi connectivity index (χ1v) is 5.73. The van der Waals surface area contributed by atoms with E-state index in [9.17, 15) is 4.79 Å². The van der Waals surface area contributed by atoms with Gasteiger partial charge < -0.3 is 0 Å². The van der Waals surface area contributed by atoms with Gasteiger partial charge in [-0.05, 0) is 17.2 Å². The van der Waals surface area contributed by atoms with Crippen LogP contribution in [0.25, 0.3) is 16.5 Å². The van der Waals surface area contributed by atoms with E-state index in [1.807, 2.05) is 30.3 Å². The molecule has 4 nitrogen and oxygen atoms in total. The summed E-state index contributed by atoms with van der Waals surface area (Å²) in [6.07, 6.45) is 3.20. The van der Waals surface area contributed by atoms with E-state index < -0.39 is 0 Å². The van der Waals surface area contributed by atoms with Gasteiger partial charge in [-0.3, -0.25) is 4.79 Å². The molecule has 19 heavy (non-hydrogen) atoms. The third kappa shape index (κ3) is 3.31. The highest BCUT2D eigenvalue weighted by Crippen LogP contribution is 2.20. The van der Waals surface area contributed by atoms with E-state index in [2.05, 4.69) is 10.0 Å². The Morgan fingerprint density at radius 2 is 1.74 bits per heavy atom. The van der Waals surface area contributed by atoms with Gasteiger partial charge in [0.05, 0.1) is 0 Å². The molecular formula is C15H11N3O. The summed E-state index contributed by atoms with van der Waals surface area (Å²) in [4.78, 5) is 14.8. The van der Waals surface area contributed by atoms with Crippen LogP contribution in [-0.2, 0) is 0 Å². The molecule has 0 saturated heterocycles. The van der Waals surface area contributed by atoms with Crippen LogP contribution in [0.15, 0.2) is 65.8 Å². The van der Waals surface area contributed by atoms with Crippen molar-refractivity contribution < 1.29 is 4.79 Å². The van der Waals surface area contributed by atoms with Crippen molar-refractivity contribution in [2.45, 2.75) is 0 Å². The average Bonchev–Trinajstić information content (AvgIpc) is 2.47. The number of azide groups is 1. The molecule has 2 rings (SSSR count). The Labute approximate surface area is 110 Å². The van der Waals surface area contributed by atoms with Gasteiger partial charge in [-0.15, -0.1) is 0 Å². The molecule has 0 fully saturated rings. The first kappa shape index (κ1) is 12.6. The van der Waals surface area contributed by atoms with Crippen molar-refractivity contribution in [1.29, 1.82) is 0 Å². The van der Waals surface area contributed by atoms with Gasteiger partial charge in [0.2, 0.25) is 0 Å². The Hall–Kier alpha value is -2.84. The molecule has 0 bridgehead atoms. The van der Waals surface area contributed by atoms with Gasteiger partial charge in [0.15, 0.2) is 5.78 Å². The van der Waals surface area contributed by atoms with Crippen molar-refractivity contribution in [2.75, 3.05) is 0 Å². The van der Waals surface area contributed by atoms with E-state index in [4.69, 9.17) is 5.53 Å². The molecule has 0 heterocycles. The van der Waals surface area contributed by atoms with E-state index in [-0.39, 0.29) is 5.78 Å². The first-order valence-electron chi connectivity index (χ1n) is 5.73. The summed E-state index contributed by atoms with van der Waals surface area (Å²) < 4.78 is 0. The maximum Gasteiger partial charge on any atom is 0.186 e. The maximum atomic E-state index is 12.0. The number of carbonyl (C=O) groups is 1. The number of nitrogens with zero attached hydrogens (tertiary/aromatic N) is 3. The van der Waals surface area contributed by atoms with E-state index in [0.717, 1.165) is 5.56 Å². The first-order chi connectivity index (χ1) is 9.31. The van der Waals surface area contributed by atoms with Gasteiger partial charge in [-0.25, -0.2) is 0 Å². The normalized spacial score (nSPS) is 10.1. The van der Waals surface area contributed by atoms with E-state index in [1.165, 1.54) is 6.08 Å². The minimum Gasteiger partial charge on any atom is -0.289 e. The van der Waals surface area contributed by atoms with Crippen LogP contribution < -0.4 is 0 Å². The zero-order valence-electron chi connectivity index (χ0n) is 10.1. The second-order valence-corrected chi connectivity index (χ2v) is 3.81. The summed E-state index contributed by atoms with van der Waals surface area (Å²) in [7, 11) is 0. The Balaban J connectivity index is 2.26. The molecule has 2 aromatic carbocycles. The molecule has 4 heteroatoms. The van der Waals surface area contributed by atoms with Crippen molar-refractivity contribution in [2.24, 2.45) is 5.11 Å². The second-order valence-electron chi connectivity index (χ2n) is 3.81. The highest BCUT2D eigenvalue weighted by atomic mass is 16.1. The van der Waals surface area contributed by atoms with Gasteiger partial charge in [0, 0.05) is 16.2 Å². The van der Waals surface area contributed by atoms with Gasteiger partial charge in [-0.1, -0.05) is 65.8 Å². The molecule has 0 unspecified atom stereocenters. The quantitative estimate of drug-likeness (QED) is 0.258. The monoisotopic (exact) mass is 249 g/mol. The molecule has 0 amide bonds. The molecule has 0 atom stereocenters. The topological polar surface area (TPSA) is 65.8 Å². The summed E-state index contributed by atoms with van der Waals surface area (Å²) in [5.41, 5.74) is 10.1. The highest BCUT2D eigenvalue weighted by molar-refractivity contribution is 6.09. The number of allylic oxidation sites excluding steroid dienone is 1. The van der Waals surface area contributed by atoms with Crippen molar-refractivity contribution in [3.63, 3.8) is 0 Å². The molecule has 0 N–H and O–H groups in total. The molecular weight excluding hydrogens is 238 g/mol. The summed E-state index contributed by atoms with van der Waals surface area (Å²) in [6, 6.07) is 16.2. The van der Waals surface area contributed by atoms with Crippen LogP contribution in [0.5, 0.6) is 0 Å². The molecule has 0 saturated carbocycles. The smallest absolute Gasteiger partial charge is 0.186 e. The summed E-state index contributed by atoms with van der Waals surface area (Å²) in [5, 5.41) is 3.51. The largest absolute Gasteiger partial charge is 0.289 e. The zero-order chi connectivity index (χ0) is 13.5. The van der Waals surface area contributed by atoms with Gasteiger partial charge >= 0.3 is 0 Å². The van der Waals surface area contributed by atoms with Crippen LogP contribution in [0.4, 0.5) is 5.69 Å². The predicted molar refractivity (Wildman–Crippen MR) is 75.1 cm³/mol. The molecule has 0 radical (unpaired) electrons. The van der Waals surface area contributed by atoms with Crippen LogP contribution in [0.1, 0.15) is 15.9 Å². The summed E-state index contributed by atoms with van der Waals surface area (Å²) in [5.74, 6) is -0.188. The minimum absolute atomic E-state index is 0.188. The van der Waals surface area contributed by atoms with Gasteiger partial charge in [0.1, 0.15) is 0 Å². The van der Waals surface area contributed by atoms with Crippen LogP contribution in [0.2, 0.25) is 0 Å². The number of hydrogen-bond acceptors (Lipinski definition) is 2. The molecule has 0 aliphatic rings. The van der Waals surface area contributed by atoms with E-state index in [1.54, 1.807) is 30.3 Å². The van der Waals surface area contributed by atoms with Crippen LogP contribution in [-0.4, -0.2) is 5.78 Å². The average molecular weight is 249 g/mol. The molecule has 0 aromatic heterocycles. The SMILES string of the molecule is [N-]=[N+]=Nc1ccccc1C(=O)C=Cc1ccccc1. The minimum atomic E-state index is -0.188. The van der Waals surface area contributed by atoms with Gasteiger partial charge in [0.25, 0.3) is 0 Å². The Kier molecular flexibility index (Phi) is 4.11. The standard InChI is InChI=1S/C15H11N3O/c16-18-17-14-9-5-4-8-13(14)15(19)11-10-12-6-2-1-3-7-12/h1-11H. The lowest BCUT2D eigenvalue weighted by molar-refractivity contribution is 0.104. The van der Waals surface area contributed by atoms with Crippen LogP contribution in [0, 0.1) is 0 Å². The Morgan fingerprint density at radius 1 is 1.05 bits per heavy atom. The Morgan fingerprint density at radius 3 is 2.47 bits per heavy atom. The predicted octanol–water partition coefficient (Wildman–Crippen LogP) is 4.52. The lowest BCUT2D eigenvalue weighted by Crippen LogP contribution is -1.94. The van der Waals surface area contributed by atoms with Crippen molar-refractivity contribution in [1.82, 2.24) is 0 Å². The number of benzene rings is 2. The third-order valence-electron chi connectivity index (χ3n) is 2.55. The van der Waals surface area contributed by atoms with Crippen molar-refractivity contribution >= 4 is 17.5 Å². The van der Waals surface area contributed by atoms with Crippen molar-refractivity contribution in [3.05, 3.63) is 82.2 Å². The number of carbonyl (C=O) groups excluding carboxylic acids is 1. The van der Waals surface area contributed by atoms with Crippen molar-refractivity contribution in [3.8, 4) is 0 Å². The Bertz CT molecular complexity index is 656. The zero-order valence-corrected chi connectivity index (χ0v) is 10.1. The molecule has 92 valence electrons. The fraction of sp³-hybridized carbons (Fsp3) is 0. The number of rotatable bonds is 4. The molecule has 0 aliphatic heterocycles. The van der Waals surface area contributed by atoms with Crippen LogP contribution in [0.3, 0.4) is 0 Å². The summed E-state index contributed by atoms with van der Waals surface area (Å²) >= 11 is 0. The third-order valence-corrected chi connectivity index (χ3v) is 2.55. The lowest BCUT2D eigenvalue weighted by Gasteiger charge is -1.99. The number of hydrogen-bond donors (Lipinski definition) is 0. The number of ketones is 1. The molecule has 2 aromatic rings. The summed E-state index contributed by atoms with van der Waals surface area (Å²) in [6.45, 7) is 0. The highest BCUT2D eigenvalue weighted by Gasteiger charge is 2.06. The second kappa shape index (κ2) is 6.19. The maximum absolute atomic E-state index is 12.0. The van der Waals surface area contributed by atoms with Gasteiger partial charge in [-0.2, -0.15) is 0 Å². The fourth-order valence-corrected chi connectivity index (χ4v) is 1.64.